The maximum absolute atomic E-state index is 5.44. The quantitative estimate of drug-likeness (QED) is 0.517. The second-order valence-corrected chi connectivity index (χ2v) is 7.38. The highest BCUT2D eigenvalue weighted by atomic mass is 16.5. The zero-order valence-electron chi connectivity index (χ0n) is 16.4. The van der Waals surface area contributed by atoms with Crippen molar-refractivity contribution < 1.29 is 4.74 Å². The van der Waals surface area contributed by atoms with Crippen LogP contribution >= 0.6 is 0 Å². The molecule has 146 valence electrons. The molecular weight excluding hydrogens is 362 g/mol. The molecule has 0 spiro atoms. The van der Waals surface area contributed by atoms with Crippen LogP contribution in [0.4, 0.5) is 0 Å². The maximum atomic E-state index is 5.44. The molecule has 1 saturated heterocycles. The lowest BCUT2D eigenvalue weighted by Gasteiger charge is -2.24. The van der Waals surface area contributed by atoms with E-state index in [2.05, 4.69) is 49.7 Å². The molecule has 1 aliphatic heterocycles. The first kappa shape index (κ1) is 17.8. The van der Waals surface area contributed by atoms with Crippen molar-refractivity contribution in [2.45, 2.75) is 25.4 Å². The van der Waals surface area contributed by atoms with Gasteiger partial charge in [-0.25, -0.2) is 9.97 Å². The lowest BCUT2D eigenvalue weighted by molar-refractivity contribution is 0.241. The van der Waals surface area contributed by atoms with E-state index in [1.807, 2.05) is 24.7 Å². The van der Waals surface area contributed by atoms with Crippen molar-refractivity contribution >= 4 is 5.52 Å². The van der Waals surface area contributed by atoms with Crippen LogP contribution in [0.3, 0.4) is 0 Å². The second kappa shape index (κ2) is 7.64. The van der Waals surface area contributed by atoms with Gasteiger partial charge in [0.1, 0.15) is 0 Å². The molecule has 1 atom stereocenters. The number of methoxy groups -OCH3 is 1. The summed E-state index contributed by atoms with van der Waals surface area (Å²) in [6.45, 7) is 1.87. The Morgan fingerprint density at radius 3 is 2.86 bits per heavy atom. The van der Waals surface area contributed by atoms with Gasteiger partial charge in [-0.05, 0) is 43.1 Å². The standard InChI is InChI=1S/C23H23N5O/c1-29-23-19(6-3-11-25-23)15-27-12-4-7-20(27)22-21-9-8-18(14-28(21)16-26-22)17-5-2-10-24-13-17/h2-3,5-6,8-11,13-14,16,20H,4,7,12,15H2,1H3/t20-/m0/s1. The molecule has 0 radical (unpaired) electrons. The number of rotatable bonds is 5. The number of ether oxygens (including phenoxy) is 1. The lowest BCUT2D eigenvalue weighted by Crippen LogP contribution is -2.23. The highest BCUT2D eigenvalue weighted by Gasteiger charge is 2.29. The van der Waals surface area contributed by atoms with E-state index < -0.39 is 0 Å². The molecule has 6 nitrogen and oxygen atoms in total. The summed E-state index contributed by atoms with van der Waals surface area (Å²) in [6.07, 6.45) is 11.8. The Morgan fingerprint density at radius 2 is 2.00 bits per heavy atom. The first-order valence-electron chi connectivity index (χ1n) is 9.92. The number of hydrogen-bond donors (Lipinski definition) is 0. The molecule has 0 amide bonds. The number of pyridine rings is 3. The summed E-state index contributed by atoms with van der Waals surface area (Å²) in [5.74, 6) is 0.703. The number of hydrogen-bond acceptors (Lipinski definition) is 5. The molecule has 0 unspecified atom stereocenters. The molecule has 1 aliphatic rings. The molecule has 0 bridgehead atoms. The maximum Gasteiger partial charge on any atom is 0.217 e. The normalized spacial score (nSPS) is 17.1. The summed E-state index contributed by atoms with van der Waals surface area (Å²) in [5.41, 5.74) is 5.66. The fraction of sp³-hybridized carbons (Fsp3) is 0.261. The predicted molar refractivity (Wildman–Crippen MR) is 112 cm³/mol. The van der Waals surface area contributed by atoms with Gasteiger partial charge < -0.3 is 9.14 Å². The Balaban J connectivity index is 1.45. The Hall–Kier alpha value is -3.25. The third kappa shape index (κ3) is 3.36. The molecule has 0 N–H and O–H groups in total. The summed E-state index contributed by atoms with van der Waals surface area (Å²) < 4.78 is 7.57. The van der Waals surface area contributed by atoms with E-state index in [1.165, 1.54) is 6.42 Å². The first-order valence-corrected chi connectivity index (χ1v) is 9.92. The van der Waals surface area contributed by atoms with Gasteiger partial charge in [-0.15, -0.1) is 0 Å². The van der Waals surface area contributed by atoms with E-state index >= 15 is 0 Å². The summed E-state index contributed by atoms with van der Waals surface area (Å²) in [4.78, 5) is 15.9. The minimum absolute atomic E-state index is 0.300. The molecular formula is C23H23N5O. The van der Waals surface area contributed by atoms with E-state index in [1.54, 1.807) is 19.5 Å². The molecule has 29 heavy (non-hydrogen) atoms. The molecule has 4 aromatic heterocycles. The molecule has 0 saturated carbocycles. The smallest absolute Gasteiger partial charge is 0.217 e. The fourth-order valence-corrected chi connectivity index (χ4v) is 4.25. The minimum Gasteiger partial charge on any atom is -0.481 e. The fourth-order valence-electron chi connectivity index (χ4n) is 4.25. The molecule has 5 rings (SSSR count). The Kier molecular flexibility index (Phi) is 4.69. The van der Waals surface area contributed by atoms with Crippen LogP contribution in [0.25, 0.3) is 16.6 Å². The molecule has 1 fully saturated rings. The van der Waals surface area contributed by atoms with E-state index in [0.717, 1.165) is 47.4 Å². The van der Waals surface area contributed by atoms with Crippen molar-refractivity contribution in [3.8, 4) is 17.0 Å². The van der Waals surface area contributed by atoms with Gasteiger partial charge in [0.2, 0.25) is 5.88 Å². The lowest BCUT2D eigenvalue weighted by atomic mass is 10.1. The van der Waals surface area contributed by atoms with Crippen molar-refractivity contribution in [1.82, 2.24) is 24.3 Å². The van der Waals surface area contributed by atoms with Gasteiger partial charge >= 0.3 is 0 Å². The van der Waals surface area contributed by atoms with Crippen LogP contribution in [0.1, 0.15) is 30.1 Å². The summed E-state index contributed by atoms with van der Waals surface area (Å²) in [7, 11) is 1.68. The van der Waals surface area contributed by atoms with Crippen LogP contribution in [0.15, 0.2) is 67.5 Å². The van der Waals surface area contributed by atoms with Crippen molar-refractivity contribution in [3.05, 3.63) is 78.8 Å². The van der Waals surface area contributed by atoms with Gasteiger partial charge in [-0.1, -0.05) is 18.2 Å². The molecule has 0 aliphatic carbocycles. The van der Waals surface area contributed by atoms with Crippen LogP contribution in [0.5, 0.6) is 5.88 Å². The molecule has 0 aromatic carbocycles. The van der Waals surface area contributed by atoms with E-state index in [0.29, 0.717) is 11.9 Å². The molecule has 4 aromatic rings. The number of nitrogens with zero attached hydrogens (tertiary/aromatic N) is 5. The van der Waals surface area contributed by atoms with Crippen LogP contribution < -0.4 is 4.74 Å². The summed E-state index contributed by atoms with van der Waals surface area (Å²) in [6, 6.07) is 12.7. The van der Waals surface area contributed by atoms with Gasteiger partial charge in [0, 0.05) is 42.5 Å². The average Bonchev–Trinajstić information content (AvgIpc) is 3.40. The predicted octanol–water partition coefficient (Wildman–Crippen LogP) is 4.14. The second-order valence-electron chi connectivity index (χ2n) is 7.38. The van der Waals surface area contributed by atoms with Crippen LogP contribution in [0, 0.1) is 0 Å². The van der Waals surface area contributed by atoms with E-state index in [4.69, 9.17) is 9.72 Å². The average molecular weight is 385 g/mol. The summed E-state index contributed by atoms with van der Waals surface area (Å²) >= 11 is 0. The van der Waals surface area contributed by atoms with Gasteiger partial charge in [0.15, 0.2) is 0 Å². The SMILES string of the molecule is COc1ncccc1CN1CCC[C@H]1c1ncn2cc(-c3cccnc3)ccc12. The third-order valence-corrected chi connectivity index (χ3v) is 5.65. The number of aromatic nitrogens is 4. The van der Waals surface area contributed by atoms with Crippen molar-refractivity contribution in [2.75, 3.05) is 13.7 Å². The van der Waals surface area contributed by atoms with E-state index in [9.17, 15) is 0 Å². The van der Waals surface area contributed by atoms with Crippen molar-refractivity contribution in [3.63, 3.8) is 0 Å². The van der Waals surface area contributed by atoms with Crippen molar-refractivity contribution in [1.29, 1.82) is 0 Å². The molecule has 6 heteroatoms. The van der Waals surface area contributed by atoms with Crippen LogP contribution in [0.2, 0.25) is 0 Å². The Labute approximate surface area is 169 Å². The number of likely N-dealkylation sites (tertiary alicyclic amines) is 1. The first-order chi connectivity index (χ1) is 14.3. The van der Waals surface area contributed by atoms with Gasteiger partial charge in [0.05, 0.1) is 30.7 Å². The molecule has 5 heterocycles. The van der Waals surface area contributed by atoms with Crippen LogP contribution in [-0.4, -0.2) is 37.9 Å². The van der Waals surface area contributed by atoms with Gasteiger partial charge in [-0.3, -0.25) is 9.88 Å². The van der Waals surface area contributed by atoms with E-state index in [-0.39, 0.29) is 0 Å². The third-order valence-electron chi connectivity index (χ3n) is 5.65. The Morgan fingerprint density at radius 1 is 1.07 bits per heavy atom. The largest absolute Gasteiger partial charge is 0.481 e. The highest BCUT2D eigenvalue weighted by Crippen LogP contribution is 2.35. The van der Waals surface area contributed by atoms with Crippen molar-refractivity contribution in [2.24, 2.45) is 0 Å². The topological polar surface area (TPSA) is 55.5 Å². The number of fused-ring (bicyclic) bond motifs is 1. The minimum atomic E-state index is 0.300. The Bertz CT molecular complexity index is 1120. The zero-order valence-corrected chi connectivity index (χ0v) is 16.4. The van der Waals surface area contributed by atoms with Gasteiger partial charge in [-0.2, -0.15) is 0 Å². The summed E-state index contributed by atoms with van der Waals surface area (Å²) in [5, 5.41) is 0. The number of imidazole rings is 1. The van der Waals surface area contributed by atoms with Crippen LogP contribution in [-0.2, 0) is 6.54 Å². The monoisotopic (exact) mass is 385 g/mol. The zero-order chi connectivity index (χ0) is 19.6. The highest BCUT2D eigenvalue weighted by molar-refractivity contribution is 5.66. The van der Waals surface area contributed by atoms with Gasteiger partial charge in [0.25, 0.3) is 0 Å².